The second-order valence-electron chi connectivity index (χ2n) is 1.86. The molecule has 0 aromatic carbocycles. The van der Waals surface area contributed by atoms with Gasteiger partial charge in [0.1, 0.15) is 4.33 Å². The minimum Gasteiger partial charge on any atom is -0.171 e. The zero-order valence-corrected chi connectivity index (χ0v) is 6.11. The summed E-state index contributed by atoms with van der Waals surface area (Å²) in [5.74, 6) is 0. The molecule has 0 amide bonds. The number of halogens is 5. The van der Waals surface area contributed by atoms with Gasteiger partial charge in [-0.25, -0.2) is 0 Å². The molecule has 0 N–H and O–H groups in total. The molecule has 0 saturated heterocycles. The van der Waals surface area contributed by atoms with Gasteiger partial charge in [0.25, 0.3) is 0 Å². The van der Waals surface area contributed by atoms with Gasteiger partial charge in [-0.15, -0.1) is 23.2 Å². The zero-order chi connectivity index (χ0) is 7.71. The van der Waals surface area contributed by atoms with Gasteiger partial charge in [-0.3, -0.25) is 0 Å². The van der Waals surface area contributed by atoms with Crippen LogP contribution in [0.2, 0.25) is 0 Å². The van der Waals surface area contributed by atoms with Crippen molar-refractivity contribution in [2.75, 3.05) is 0 Å². The normalized spacial score (nSPS) is 14.0. The Bertz CT molecular complexity index is 79.0. The number of hydrogen-bond acceptors (Lipinski definition) is 0. The Labute approximate surface area is 60.9 Å². The van der Waals surface area contributed by atoms with Crippen LogP contribution < -0.4 is 0 Å². The van der Waals surface area contributed by atoms with Crippen molar-refractivity contribution < 1.29 is 13.2 Å². The van der Waals surface area contributed by atoms with E-state index in [-0.39, 0.29) is 0 Å². The van der Waals surface area contributed by atoms with Crippen molar-refractivity contribution in [1.29, 1.82) is 0 Å². The highest BCUT2D eigenvalue weighted by molar-refractivity contribution is 6.48. The molecule has 56 valence electrons. The lowest BCUT2D eigenvalue weighted by Gasteiger charge is -2.14. The molecule has 0 rings (SSSR count). The van der Waals surface area contributed by atoms with E-state index in [0.717, 1.165) is 6.92 Å². The lowest BCUT2D eigenvalue weighted by atomic mass is 10.3. The molecule has 0 radical (unpaired) electrons. The molecule has 0 bridgehead atoms. The summed E-state index contributed by atoms with van der Waals surface area (Å²) in [5.41, 5.74) is 0. The average Bonchev–Trinajstić information content (AvgIpc) is 1.14. The second-order valence-corrected chi connectivity index (χ2v) is 3.72. The van der Waals surface area contributed by atoms with Crippen LogP contribution in [0, 0.1) is 0 Å². The molecule has 0 aromatic heterocycles. The molecule has 0 aliphatic carbocycles. The van der Waals surface area contributed by atoms with Gasteiger partial charge in [0.2, 0.25) is 0 Å². The molecule has 0 aliphatic heterocycles. The van der Waals surface area contributed by atoms with Crippen molar-refractivity contribution in [3.05, 3.63) is 0 Å². The highest BCUT2D eigenvalue weighted by Gasteiger charge is 2.36. The van der Waals surface area contributed by atoms with E-state index in [1.807, 2.05) is 0 Å². The van der Waals surface area contributed by atoms with Crippen LogP contribution >= 0.6 is 23.2 Å². The summed E-state index contributed by atoms with van der Waals surface area (Å²) >= 11 is 10.1. The molecule has 0 aliphatic rings. The van der Waals surface area contributed by atoms with E-state index in [0.29, 0.717) is 0 Å². The molecule has 5 heteroatoms. The first-order valence-corrected chi connectivity index (χ1v) is 2.91. The van der Waals surface area contributed by atoms with Gasteiger partial charge in [-0.1, -0.05) is 0 Å². The quantitative estimate of drug-likeness (QED) is 0.545. The van der Waals surface area contributed by atoms with Crippen molar-refractivity contribution in [2.24, 2.45) is 0 Å². The standard InChI is InChI=1S/C4H5Cl2F3/c1-3(5,6)2-4(7,8)9/h2H2,1H3. The topological polar surface area (TPSA) is 0 Å². The summed E-state index contributed by atoms with van der Waals surface area (Å²) in [6.07, 6.45) is -5.46. The smallest absolute Gasteiger partial charge is 0.171 e. The Morgan fingerprint density at radius 2 is 1.56 bits per heavy atom. The van der Waals surface area contributed by atoms with Gasteiger partial charge >= 0.3 is 6.18 Å². The van der Waals surface area contributed by atoms with E-state index in [9.17, 15) is 13.2 Å². The lowest BCUT2D eigenvalue weighted by molar-refractivity contribution is -0.135. The van der Waals surface area contributed by atoms with Crippen LogP contribution in [0.3, 0.4) is 0 Å². The number of hydrogen-bond donors (Lipinski definition) is 0. The maximum Gasteiger partial charge on any atom is 0.391 e. The molecular weight excluding hydrogens is 176 g/mol. The van der Waals surface area contributed by atoms with Crippen LogP contribution in [0.5, 0.6) is 0 Å². The summed E-state index contributed by atoms with van der Waals surface area (Å²) in [6, 6.07) is 0. The molecule has 0 unspecified atom stereocenters. The van der Waals surface area contributed by atoms with Crippen LogP contribution in [0.15, 0.2) is 0 Å². The maximum atomic E-state index is 11.4. The van der Waals surface area contributed by atoms with E-state index in [4.69, 9.17) is 23.2 Å². The van der Waals surface area contributed by atoms with Crippen molar-refractivity contribution in [3.8, 4) is 0 Å². The third kappa shape index (κ3) is 8.37. The van der Waals surface area contributed by atoms with Crippen LogP contribution in [0.1, 0.15) is 13.3 Å². The molecule has 9 heavy (non-hydrogen) atoms. The van der Waals surface area contributed by atoms with Gasteiger partial charge in [0.15, 0.2) is 0 Å². The first kappa shape index (κ1) is 9.37. The minimum atomic E-state index is -4.28. The number of rotatable bonds is 1. The van der Waals surface area contributed by atoms with Crippen LogP contribution in [0.4, 0.5) is 13.2 Å². The summed E-state index contributed by atoms with van der Waals surface area (Å²) in [6.45, 7) is 1.10. The fourth-order valence-electron chi connectivity index (χ4n) is 0.352. The van der Waals surface area contributed by atoms with Crippen LogP contribution in [-0.4, -0.2) is 10.5 Å². The molecule has 0 atom stereocenters. The Hall–Kier alpha value is 0.370. The van der Waals surface area contributed by atoms with Gasteiger partial charge < -0.3 is 0 Å². The van der Waals surface area contributed by atoms with Crippen LogP contribution in [0.25, 0.3) is 0 Å². The molecule has 0 nitrogen and oxygen atoms in total. The van der Waals surface area contributed by atoms with Crippen molar-refractivity contribution in [1.82, 2.24) is 0 Å². The lowest BCUT2D eigenvalue weighted by Crippen LogP contribution is -2.19. The van der Waals surface area contributed by atoms with Gasteiger partial charge in [0, 0.05) is 0 Å². The third-order valence-corrected chi connectivity index (χ3v) is 0.778. The van der Waals surface area contributed by atoms with Crippen molar-refractivity contribution >= 4 is 23.2 Å². The summed E-state index contributed by atoms with van der Waals surface area (Å²) in [5, 5.41) is 0. The highest BCUT2D eigenvalue weighted by Crippen LogP contribution is 2.34. The molecular formula is C4H5Cl2F3. The van der Waals surface area contributed by atoms with Crippen molar-refractivity contribution in [2.45, 2.75) is 23.9 Å². The van der Waals surface area contributed by atoms with E-state index in [2.05, 4.69) is 0 Å². The van der Waals surface area contributed by atoms with Crippen molar-refractivity contribution in [3.63, 3.8) is 0 Å². The predicted molar refractivity (Wildman–Crippen MR) is 30.8 cm³/mol. The minimum absolute atomic E-state index is 1.10. The Balaban J connectivity index is 3.75. The first-order chi connectivity index (χ1) is 3.71. The van der Waals surface area contributed by atoms with E-state index < -0.39 is 16.9 Å². The Morgan fingerprint density at radius 3 is 1.56 bits per heavy atom. The predicted octanol–water partition coefficient (Wildman–Crippen LogP) is 3.13. The summed E-state index contributed by atoms with van der Waals surface area (Å²) in [7, 11) is 0. The Kier molecular flexibility index (Phi) is 2.65. The summed E-state index contributed by atoms with van der Waals surface area (Å²) < 4.78 is 32.5. The molecule has 0 spiro atoms. The summed E-state index contributed by atoms with van der Waals surface area (Å²) in [4.78, 5) is 0. The monoisotopic (exact) mass is 180 g/mol. The fourth-order valence-corrected chi connectivity index (χ4v) is 0.655. The fraction of sp³-hybridized carbons (Fsp3) is 1.00. The van der Waals surface area contributed by atoms with Gasteiger partial charge in [0.05, 0.1) is 6.42 Å². The molecule has 0 heterocycles. The molecule has 0 fully saturated rings. The molecule has 0 saturated carbocycles. The second kappa shape index (κ2) is 2.54. The van der Waals surface area contributed by atoms with Gasteiger partial charge in [-0.2, -0.15) is 13.2 Å². The van der Waals surface area contributed by atoms with E-state index in [1.165, 1.54) is 0 Å². The maximum absolute atomic E-state index is 11.4. The van der Waals surface area contributed by atoms with Gasteiger partial charge in [-0.05, 0) is 6.92 Å². The third-order valence-electron chi connectivity index (χ3n) is 0.511. The number of alkyl halides is 5. The largest absolute Gasteiger partial charge is 0.391 e. The first-order valence-electron chi connectivity index (χ1n) is 2.15. The zero-order valence-electron chi connectivity index (χ0n) is 4.60. The molecule has 0 aromatic rings. The Morgan fingerprint density at radius 1 is 1.22 bits per heavy atom. The SMILES string of the molecule is CC(Cl)(Cl)CC(F)(F)F. The average molecular weight is 181 g/mol. The van der Waals surface area contributed by atoms with E-state index >= 15 is 0 Å². The van der Waals surface area contributed by atoms with E-state index in [1.54, 1.807) is 0 Å². The highest BCUT2D eigenvalue weighted by atomic mass is 35.5. The van der Waals surface area contributed by atoms with Crippen LogP contribution in [-0.2, 0) is 0 Å².